The fourth-order valence-electron chi connectivity index (χ4n) is 2.69. The molecular weight excluding hydrogens is 279 g/mol. The number of fused-ring (bicyclic) bond motifs is 1. The van der Waals surface area contributed by atoms with E-state index in [0.29, 0.717) is 4.75 Å². The Balaban J connectivity index is 1.74. The molecule has 1 aliphatic rings. The molecule has 0 saturated heterocycles. The monoisotopic (exact) mass is 296 g/mol. The first kappa shape index (κ1) is 13.2. The lowest BCUT2D eigenvalue weighted by Crippen LogP contribution is -2.29. The average Bonchev–Trinajstić information content (AvgIpc) is 3.02. The molecular formula is C14H17FN2S2. The topological polar surface area (TPSA) is 24.9 Å². The Hall–Kier alpha value is -0.810. The zero-order chi connectivity index (χ0) is 13.3. The lowest BCUT2D eigenvalue weighted by atomic mass is 10.1. The van der Waals surface area contributed by atoms with Crippen LogP contribution in [-0.2, 0) is 0 Å². The standard InChI is InChI=1S/C14H17FN2S2/c1-18-14(6-2-3-7-14)9-16-13-17-11-8-10(15)4-5-12(11)19-13/h4-5,8H,2-3,6-7,9H2,1H3,(H,16,17). The molecule has 19 heavy (non-hydrogen) atoms. The van der Waals surface area contributed by atoms with Gasteiger partial charge in [0.2, 0.25) is 0 Å². The highest BCUT2D eigenvalue weighted by atomic mass is 32.2. The van der Waals surface area contributed by atoms with Crippen molar-refractivity contribution < 1.29 is 4.39 Å². The van der Waals surface area contributed by atoms with Crippen LogP contribution >= 0.6 is 23.1 Å². The maximum Gasteiger partial charge on any atom is 0.183 e. The third kappa shape index (κ3) is 2.72. The predicted molar refractivity (Wildman–Crippen MR) is 82.8 cm³/mol. The minimum Gasteiger partial charge on any atom is -0.360 e. The minimum absolute atomic E-state index is 0.222. The number of benzene rings is 1. The summed E-state index contributed by atoms with van der Waals surface area (Å²) in [4.78, 5) is 4.46. The van der Waals surface area contributed by atoms with Gasteiger partial charge in [0.25, 0.3) is 0 Å². The normalized spacial score (nSPS) is 18.0. The van der Waals surface area contributed by atoms with Crippen LogP contribution in [0.4, 0.5) is 9.52 Å². The largest absolute Gasteiger partial charge is 0.360 e. The van der Waals surface area contributed by atoms with E-state index in [1.54, 1.807) is 17.4 Å². The molecule has 1 heterocycles. The van der Waals surface area contributed by atoms with Gasteiger partial charge < -0.3 is 5.32 Å². The van der Waals surface area contributed by atoms with Gasteiger partial charge in [0.1, 0.15) is 5.82 Å². The Morgan fingerprint density at radius 2 is 2.21 bits per heavy atom. The van der Waals surface area contributed by atoms with Gasteiger partial charge in [0.15, 0.2) is 5.13 Å². The molecule has 5 heteroatoms. The minimum atomic E-state index is -0.222. The van der Waals surface area contributed by atoms with Crippen LogP contribution in [0, 0.1) is 5.82 Å². The molecule has 1 aliphatic carbocycles. The van der Waals surface area contributed by atoms with Crippen molar-refractivity contribution >= 4 is 38.4 Å². The lowest BCUT2D eigenvalue weighted by molar-refractivity contribution is 0.629. The summed E-state index contributed by atoms with van der Waals surface area (Å²) in [7, 11) is 0. The maximum atomic E-state index is 13.1. The maximum absolute atomic E-state index is 13.1. The first-order chi connectivity index (χ1) is 9.21. The Labute approximate surface area is 120 Å². The van der Waals surface area contributed by atoms with Crippen molar-refractivity contribution in [1.82, 2.24) is 4.98 Å². The number of thiazole rings is 1. The van der Waals surface area contributed by atoms with Crippen LogP contribution < -0.4 is 5.32 Å². The van der Waals surface area contributed by atoms with E-state index >= 15 is 0 Å². The number of nitrogens with zero attached hydrogens (tertiary/aromatic N) is 1. The van der Waals surface area contributed by atoms with Crippen LogP contribution in [0.3, 0.4) is 0 Å². The van der Waals surface area contributed by atoms with Crippen molar-refractivity contribution in [2.75, 3.05) is 18.1 Å². The van der Waals surface area contributed by atoms with Crippen molar-refractivity contribution in [3.8, 4) is 0 Å². The van der Waals surface area contributed by atoms with E-state index in [1.165, 1.54) is 37.8 Å². The van der Waals surface area contributed by atoms with Crippen LogP contribution in [0.1, 0.15) is 25.7 Å². The molecule has 1 aromatic carbocycles. The fraction of sp³-hybridized carbons (Fsp3) is 0.500. The van der Waals surface area contributed by atoms with E-state index in [-0.39, 0.29) is 5.82 Å². The molecule has 102 valence electrons. The molecule has 0 spiro atoms. The number of halogens is 1. The molecule has 3 rings (SSSR count). The fourth-order valence-corrected chi connectivity index (χ4v) is 4.44. The highest BCUT2D eigenvalue weighted by Crippen LogP contribution is 2.40. The van der Waals surface area contributed by atoms with Gasteiger partial charge in [0, 0.05) is 17.4 Å². The summed E-state index contributed by atoms with van der Waals surface area (Å²) in [5, 5.41) is 4.36. The van der Waals surface area contributed by atoms with Gasteiger partial charge >= 0.3 is 0 Å². The number of rotatable bonds is 4. The average molecular weight is 296 g/mol. The van der Waals surface area contributed by atoms with E-state index in [9.17, 15) is 4.39 Å². The summed E-state index contributed by atoms with van der Waals surface area (Å²) in [5.41, 5.74) is 0.747. The Kier molecular flexibility index (Phi) is 3.67. The summed E-state index contributed by atoms with van der Waals surface area (Å²) in [5.74, 6) is -0.222. The van der Waals surface area contributed by atoms with Gasteiger partial charge in [-0.2, -0.15) is 11.8 Å². The first-order valence-corrected chi connectivity index (χ1v) is 8.60. The molecule has 2 aromatic rings. The molecule has 1 fully saturated rings. The number of thioether (sulfide) groups is 1. The SMILES string of the molecule is CSC1(CNc2nc3cc(F)ccc3s2)CCCC1. The molecule has 2 nitrogen and oxygen atoms in total. The number of hydrogen-bond donors (Lipinski definition) is 1. The molecule has 0 atom stereocenters. The van der Waals surface area contributed by atoms with E-state index in [0.717, 1.165) is 21.9 Å². The summed E-state index contributed by atoms with van der Waals surface area (Å²) in [6, 6.07) is 4.79. The Bertz CT molecular complexity index is 576. The lowest BCUT2D eigenvalue weighted by Gasteiger charge is -2.26. The van der Waals surface area contributed by atoms with Gasteiger partial charge in [-0.3, -0.25) is 0 Å². The summed E-state index contributed by atoms with van der Waals surface area (Å²) < 4.78 is 14.5. The third-order valence-corrected chi connectivity index (χ3v) is 6.27. The van der Waals surface area contributed by atoms with E-state index in [2.05, 4.69) is 16.6 Å². The smallest absolute Gasteiger partial charge is 0.183 e. The summed E-state index contributed by atoms with van der Waals surface area (Å²) >= 11 is 3.56. The van der Waals surface area contributed by atoms with Gasteiger partial charge in [-0.25, -0.2) is 9.37 Å². The van der Waals surface area contributed by atoms with Crippen LogP contribution in [0.2, 0.25) is 0 Å². The van der Waals surface area contributed by atoms with Crippen LogP contribution in [0.15, 0.2) is 18.2 Å². The van der Waals surface area contributed by atoms with Crippen LogP contribution in [0.5, 0.6) is 0 Å². The van der Waals surface area contributed by atoms with Crippen LogP contribution in [-0.4, -0.2) is 22.5 Å². The molecule has 1 aromatic heterocycles. The second kappa shape index (κ2) is 5.29. The van der Waals surface area contributed by atoms with Crippen molar-refractivity contribution in [2.24, 2.45) is 0 Å². The molecule has 1 N–H and O–H groups in total. The molecule has 1 saturated carbocycles. The quantitative estimate of drug-likeness (QED) is 0.897. The van der Waals surface area contributed by atoms with Gasteiger partial charge in [-0.15, -0.1) is 0 Å². The molecule has 0 aliphatic heterocycles. The van der Waals surface area contributed by atoms with Crippen LogP contribution in [0.25, 0.3) is 10.2 Å². The van der Waals surface area contributed by atoms with Crippen molar-refractivity contribution in [3.05, 3.63) is 24.0 Å². The number of anilines is 1. The van der Waals surface area contributed by atoms with E-state index in [1.807, 2.05) is 11.8 Å². The van der Waals surface area contributed by atoms with E-state index < -0.39 is 0 Å². The Morgan fingerprint density at radius 3 is 2.95 bits per heavy atom. The number of aromatic nitrogens is 1. The molecule has 0 amide bonds. The summed E-state index contributed by atoms with van der Waals surface area (Å²) in [6.45, 7) is 0.955. The first-order valence-electron chi connectivity index (χ1n) is 6.56. The zero-order valence-corrected chi connectivity index (χ0v) is 12.5. The van der Waals surface area contributed by atoms with Gasteiger partial charge in [0.05, 0.1) is 10.2 Å². The van der Waals surface area contributed by atoms with Crippen molar-refractivity contribution in [1.29, 1.82) is 0 Å². The second-order valence-electron chi connectivity index (χ2n) is 5.08. The molecule has 0 bridgehead atoms. The predicted octanol–water partition coefficient (Wildman–Crippen LogP) is 4.52. The highest BCUT2D eigenvalue weighted by molar-refractivity contribution is 8.00. The second-order valence-corrected chi connectivity index (χ2v) is 7.38. The number of nitrogens with one attached hydrogen (secondary N) is 1. The van der Waals surface area contributed by atoms with Gasteiger partial charge in [-0.05, 0) is 31.2 Å². The molecule has 0 unspecified atom stereocenters. The number of hydrogen-bond acceptors (Lipinski definition) is 4. The zero-order valence-electron chi connectivity index (χ0n) is 10.9. The van der Waals surface area contributed by atoms with E-state index in [4.69, 9.17) is 0 Å². The molecule has 0 radical (unpaired) electrons. The third-order valence-electron chi connectivity index (χ3n) is 3.86. The highest BCUT2D eigenvalue weighted by Gasteiger charge is 2.32. The summed E-state index contributed by atoms with van der Waals surface area (Å²) in [6.07, 6.45) is 7.41. The Morgan fingerprint density at radius 1 is 1.42 bits per heavy atom. The van der Waals surface area contributed by atoms with Gasteiger partial charge in [-0.1, -0.05) is 24.2 Å². The van der Waals surface area contributed by atoms with Crippen molar-refractivity contribution in [2.45, 2.75) is 30.4 Å². The van der Waals surface area contributed by atoms with Crippen molar-refractivity contribution in [3.63, 3.8) is 0 Å².